The van der Waals surface area contributed by atoms with E-state index in [0.29, 0.717) is 29.4 Å². The number of fused-ring (bicyclic) bond motifs is 1. The first kappa shape index (κ1) is 20.4. The number of benzene rings is 3. The lowest BCUT2D eigenvalue weighted by molar-refractivity contribution is 0.215. The quantitative estimate of drug-likeness (QED) is 0.635. The molecule has 8 heteroatoms. The van der Waals surface area contributed by atoms with E-state index >= 15 is 0 Å². The zero-order chi connectivity index (χ0) is 21.1. The summed E-state index contributed by atoms with van der Waals surface area (Å²) in [5, 5.41) is 3.17. The van der Waals surface area contributed by atoms with Crippen LogP contribution in [0.25, 0.3) is 0 Å². The van der Waals surface area contributed by atoms with Crippen LogP contribution < -0.4 is 10.1 Å². The van der Waals surface area contributed by atoms with E-state index in [1.807, 2.05) is 12.1 Å². The van der Waals surface area contributed by atoms with Gasteiger partial charge in [0.2, 0.25) is 10.0 Å². The van der Waals surface area contributed by atoms with Gasteiger partial charge in [-0.1, -0.05) is 35.9 Å². The highest BCUT2D eigenvalue weighted by atomic mass is 35.5. The Balaban J connectivity index is 1.49. The third kappa shape index (κ3) is 4.48. The molecule has 30 heavy (non-hydrogen) atoms. The molecule has 0 fully saturated rings. The van der Waals surface area contributed by atoms with Gasteiger partial charge in [-0.05, 0) is 66.1 Å². The van der Waals surface area contributed by atoms with Gasteiger partial charge in [0.25, 0.3) is 0 Å². The lowest BCUT2D eigenvalue weighted by Gasteiger charge is -2.28. The molecule has 0 radical (unpaired) electrons. The van der Waals surface area contributed by atoms with E-state index in [9.17, 15) is 13.2 Å². The van der Waals surface area contributed by atoms with Gasteiger partial charge in [0, 0.05) is 23.8 Å². The van der Waals surface area contributed by atoms with E-state index in [1.54, 1.807) is 48.5 Å². The van der Waals surface area contributed by atoms with Crippen LogP contribution in [0.1, 0.15) is 11.1 Å². The number of hydrogen-bond acceptors (Lipinski definition) is 4. The van der Waals surface area contributed by atoms with Gasteiger partial charge in [-0.3, -0.25) is 5.32 Å². The zero-order valence-corrected chi connectivity index (χ0v) is 17.5. The number of rotatable bonds is 4. The molecule has 0 bridgehead atoms. The average molecular weight is 443 g/mol. The molecule has 4 rings (SSSR count). The molecule has 3 aromatic carbocycles. The van der Waals surface area contributed by atoms with Crippen LogP contribution in [0.4, 0.5) is 10.5 Å². The number of halogens is 1. The van der Waals surface area contributed by atoms with E-state index in [2.05, 4.69) is 5.32 Å². The van der Waals surface area contributed by atoms with Gasteiger partial charge < -0.3 is 4.74 Å². The normalized spacial score (nSPS) is 14.0. The number of sulfonamides is 1. The summed E-state index contributed by atoms with van der Waals surface area (Å²) in [5.41, 5.74) is 2.44. The van der Waals surface area contributed by atoms with Gasteiger partial charge in [0.15, 0.2) is 0 Å². The molecule has 0 atom stereocenters. The number of carbonyl (C=O) groups excluding carboxylic acids is 1. The van der Waals surface area contributed by atoms with Crippen LogP contribution in [-0.4, -0.2) is 25.4 Å². The van der Waals surface area contributed by atoms with Gasteiger partial charge in [0.05, 0.1) is 4.90 Å². The minimum absolute atomic E-state index is 0.205. The molecule has 0 aliphatic carbocycles. The summed E-state index contributed by atoms with van der Waals surface area (Å²) in [4.78, 5) is 12.3. The molecule has 0 aromatic heterocycles. The Hall–Kier alpha value is -2.87. The molecule has 0 spiro atoms. The van der Waals surface area contributed by atoms with Crippen LogP contribution in [-0.2, 0) is 23.0 Å². The average Bonchev–Trinajstić information content (AvgIpc) is 2.74. The molecule has 1 N–H and O–H groups in total. The number of nitrogens with one attached hydrogen (secondary N) is 1. The van der Waals surface area contributed by atoms with Crippen molar-refractivity contribution >= 4 is 33.4 Å². The van der Waals surface area contributed by atoms with E-state index in [1.165, 1.54) is 16.4 Å². The fourth-order valence-electron chi connectivity index (χ4n) is 3.31. The summed E-state index contributed by atoms with van der Waals surface area (Å²) in [5.74, 6) is 0.438. The molecule has 1 amide bonds. The van der Waals surface area contributed by atoms with Crippen LogP contribution in [0.3, 0.4) is 0 Å². The molecular formula is C22H19ClN2O4S. The summed E-state index contributed by atoms with van der Waals surface area (Å²) >= 11 is 5.87. The number of amides is 1. The lowest BCUT2D eigenvalue weighted by Crippen LogP contribution is -2.36. The maximum atomic E-state index is 13.0. The fraction of sp³-hybridized carbons (Fsp3) is 0.136. The number of hydrogen-bond donors (Lipinski definition) is 1. The zero-order valence-electron chi connectivity index (χ0n) is 15.9. The summed E-state index contributed by atoms with van der Waals surface area (Å²) in [6, 6.07) is 20.4. The van der Waals surface area contributed by atoms with Crippen molar-refractivity contribution in [3.63, 3.8) is 0 Å². The highest BCUT2D eigenvalue weighted by Crippen LogP contribution is 2.27. The van der Waals surface area contributed by atoms with E-state index in [4.69, 9.17) is 16.3 Å². The van der Waals surface area contributed by atoms with E-state index in [0.717, 1.165) is 11.1 Å². The maximum Gasteiger partial charge on any atom is 0.417 e. The fourth-order valence-corrected chi connectivity index (χ4v) is 4.85. The molecule has 0 saturated heterocycles. The Bertz CT molecular complexity index is 1170. The molecule has 1 heterocycles. The van der Waals surface area contributed by atoms with Gasteiger partial charge in [-0.2, -0.15) is 4.31 Å². The standard InChI is InChI=1S/C22H19ClN2O4S/c23-18-7-10-21(11-8-18)30(27,28)25-13-12-16-6-9-19(14-17(16)15-25)24-22(26)29-20-4-2-1-3-5-20/h1-11,14H,12-13,15H2,(H,24,26). The summed E-state index contributed by atoms with van der Waals surface area (Å²) in [6.07, 6.45) is -0.0146. The SMILES string of the molecule is O=C(Nc1ccc2c(c1)CN(S(=O)(=O)c1ccc(Cl)cc1)CC2)Oc1ccccc1. The third-order valence-electron chi connectivity index (χ3n) is 4.84. The third-order valence-corrected chi connectivity index (χ3v) is 6.95. The Morgan fingerprint density at radius 1 is 0.967 bits per heavy atom. The van der Waals surface area contributed by atoms with Gasteiger partial charge in [0.1, 0.15) is 5.75 Å². The first-order valence-corrected chi connectivity index (χ1v) is 11.1. The van der Waals surface area contributed by atoms with E-state index < -0.39 is 16.1 Å². The first-order valence-electron chi connectivity index (χ1n) is 9.33. The Kier molecular flexibility index (Phi) is 5.76. The Morgan fingerprint density at radius 3 is 2.43 bits per heavy atom. The second-order valence-electron chi connectivity index (χ2n) is 6.85. The predicted octanol–water partition coefficient (Wildman–Crippen LogP) is 4.70. The van der Waals surface area contributed by atoms with Crippen molar-refractivity contribution < 1.29 is 17.9 Å². The van der Waals surface area contributed by atoms with Crippen LogP contribution in [0, 0.1) is 0 Å². The second-order valence-corrected chi connectivity index (χ2v) is 9.23. The molecule has 0 saturated carbocycles. The molecule has 1 aliphatic heterocycles. The van der Waals surface area contributed by atoms with Crippen LogP contribution in [0.5, 0.6) is 5.75 Å². The Labute approximate surface area is 180 Å². The molecule has 1 aliphatic rings. The number of para-hydroxylation sites is 1. The van der Waals surface area contributed by atoms with Gasteiger partial charge in [-0.15, -0.1) is 0 Å². The monoisotopic (exact) mass is 442 g/mol. The second kappa shape index (κ2) is 8.47. The van der Waals surface area contributed by atoms with Crippen molar-refractivity contribution in [3.8, 4) is 5.75 Å². The molecule has 0 unspecified atom stereocenters. The van der Waals surface area contributed by atoms with Crippen molar-refractivity contribution in [1.82, 2.24) is 4.31 Å². The highest BCUT2D eigenvalue weighted by molar-refractivity contribution is 7.89. The van der Waals surface area contributed by atoms with E-state index in [-0.39, 0.29) is 11.4 Å². The first-order chi connectivity index (χ1) is 14.4. The van der Waals surface area contributed by atoms with Crippen LogP contribution in [0.2, 0.25) is 5.02 Å². The largest absolute Gasteiger partial charge is 0.417 e. The van der Waals surface area contributed by atoms with Crippen molar-refractivity contribution in [2.45, 2.75) is 17.9 Å². The lowest BCUT2D eigenvalue weighted by atomic mass is 10.0. The number of carbonyl (C=O) groups is 1. The van der Waals surface area contributed by atoms with Crippen molar-refractivity contribution in [3.05, 3.63) is 88.9 Å². The van der Waals surface area contributed by atoms with Crippen molar-refractivity contribution in [2.24, 2.45) is 0 Å². The summed E-state index contributed by atoms with van der Waals surface area (Å²) in [6.45, 7) is 0.615. The number of anilines is 1. The topological polar surface area (TPSA) is 75.7 Å². The molecular weight excluding hydrogens is 424 g/mol. The van der Waals surface area contributed by atoms with Crippen LogP contribution in [0.15, 0.2) is 77.7 Å². The van der Waals surface area contributed by atoms with Crippen LogP contribution >= 0.6 is 11.6 Å². The van der Waals surface area contributed by atoms with Crippen molar-refractivity contribution in [2.75, 3.05) is 11.9 Å². The van der Waals surface area contributed by atoms with Crippen molar-refractivity contribution in [1.29, 1.82) is 0 Å². The number of ether oxygens (including phenoxy) is 1. The Morgan fingerprint density at radius 2 is 1.70 bits per heavy atom. The smallest absolute Gasteiger partial charge is 0.410 e. The molecule has 154 valence electrons. The molecule has 3 aromatic rings. The number of nitrogens with zero attached hydrogens (tertiary/aromatic N) is 1. The highest BCUT2D eigenvalue weighted by Gasteiger charge is 2.28. The predicted molar refractivity (Wildman–Crippen MR) is 115 cm³/mol. The summed E-state index contributed by atoms with van der Waals surface area (Å²) < 4.78 is 32.6. The minimum atomic E-state index is -3.64. The molecule has 6 nitrogen and oxygen atoms in total. The maximum absolute atomic E-state index is 13.0. The van der Waals surface area contributed by atoms with Gasteiger partial charge in [-0.25, -0.2) is 13.2 Å². The van der Waals surface area contributed by atoms with Gasteiger partial charge >= 0.3 is 6.09 Å². The minimum Gasteiger partial charge on any atom is -0.410 e. The summed E-state index contributed by atoms with van der Waals surface area (Å²) in [7, 11) is -3.64.